The summed E-state index contributed by atoms with van der Waals surface area (Å²) in [5.41, 5.74) is 1.58. The van der Waals surface area contributed by atoms with Gasteiger partial charge in [0.05, 0.1) is 34.6 Å². The van der Waals surface area contributed by atoms with E-state index in [2.05, 4.69) is 32.5 Å². The van der Waals surface area contributed by atoms with Crippen LogP contribution in [0.4, 0.5) is 5.13 Å². The maximum absolute atomic E-state index is 13.7. The van der Waals surface area contributed by atoms with Gasteiger partial charge in [0.15, 0.2) is 22.4 Å². The number of carbonyl (C=O) groups excluding carboxylic acids is 3. The van der Waals surface area contributed by atoms with Crippen molar-refractivity contribution in [2.45, 2.75) is 19.9 Å². The molecule has 1 aliphatic rings. The fourth-order valence-electron chi connectivity index (χ4n) is 4.65. The Kier molecular flexibility index (Phi) is 7.41. The molecule has 4 aromatic rings. The fourth-order valence-corrected chi connectivity index (χ4v) is 6.10. The number of ketones is 1. The summed E-state index contributed by atoms with van der Waals surface area (Å²) < 4.78 is 12.3. The zero-order valence-electron chi connectivity index (χ0n) is 22.0. The number of aromatic hydroxyl groups is 1. The molecule has 3 aromatic heterocycles. The van der Waals surface area contributed by atoms with Gasteiger partial charge in [0.1, 0.15) is 22.8 Å². The number of halogens is 1. The Hall–Kier alpha value is -4.49. The summed E-state index contributed by atoms with van der Waals surface area (Å²) in [4.78, 5) is 50.1. The molecule has 1 amide bonds. The number of ether oxygens (including phenoxy) is 2. The summed E-state index contributed by atoms with van der Waals surface area (Å²) in [5, 5.41) is 22.2. The number of amides is 1. The molecule has 0 spiro atoms. The molecule has 1 saturated heterocycles. The Labute approximate surface area is 246 Å². The molecule has 1 atom stereocenters. The number of phenolic OH excluding ortho intramolecular Hbond substituents is 1. The minimum Gasteiger partial charge on any atom is -0.505 e. The van der Waals surface area contributed by atoms with E-state index in [1.807, 2.05) is 0 Å². The molecule has 1 aliphatic heterocycles. The van der Waals surface area contributed by atoms with Crippen LogP contribution in [-0.4, -0.2) is 56.0 Å². The van der Waals surface area contributed by atoms with Crippen molar-refractivity contribution < 1.29 is 34.1 Å². The van der Waals surface area contributed by atoms with Gasteiger partial charge in [-0.3, -0.25) is 18.9 Å². The first-order chi connectivity index (χ1) is 19.6. The number of aliphatic hydroxyl groups excluding tert-OH is 1. The van der Waals surface area contributed by atoms with E-state index in [9.17, 15) is 24.6 Å². The van der Waals surface area contributed by atoms with Gasteiger partial charge in [-0.2, -0.15) is 0 Å². The lowest BCUT2D eigenvalue weighted by atomic mass is 9.96. The average Bonchev–Trinajstić information content (AvgIpc) is 3.58. The molecule has 0 radical (unpaired) electrons. The Morgan fingerprint density at radius 3 is 2.68 bits per heavy atom. The Balaban J connectivity index is 1.77. The van der Waals surface area contributed by atoms with Crippen LogP contribution in [0.1, 0.15) is 38.4 Å². The molecule has 1 aromatic carbocycles. The number of pyridine rings is 1. The number of fused-ring (bicyclic) bond motifs is 1. The van der Waals surface area contributed by atoms with E-state index in [1.54, 1.807) is 42.6 Å². The quantitative estimate of drug-likeness (QED) is 0.0954. The molecule has 2 N–H and O–H groups in total. The summed E-state index contributed by atoms with van der Waals surface area (Å²) in [6, 6.07) is 7.03. The van der Waals surface area contributed by atoms with E-state index >= 15 is 0 Å². The molecule has 1 unspecified atom stereocenters. The third-order valence-electron chi connectivity index (χ3n) is 6.47. The molecule has 13 heteroatoms. The highest BCUT2D eigenvalue weighted by atomic mass is 79.9. The van der Waals surface area contributed by atoms with E-state index in [0.29, 0.717) is 22.6 Å². The van der Waals surface area contributed by atoms with Crippen molar-refractivity contribution in [2.24, 2.45) is 0 Å². The van der Waals surface area contributed by atoms with Gasteiger partial charge < -0.3 is 19.7 Å². The highest BCUT2D eigenvalue weighted by Crippen LogP contribution is 2.47. The van der Waals surface area contributed by atoms with Crippen LogP contribution in [0.15, 0.2) is 59.2 Å². The number of aromatic nitrogens is 3. The lowest BCUT2D eigenvalue weighted by Gasteiger charge is -2.24. The van der Waals surface area contributed by atoms with Crippen LogP contribution in [0.3, 0.4) is 0 Å². The predicted molar refractivity (Wildman–Crippen MR) is 154 cm³/mol. The van der Waals surface area contributed by atoms with Crippen LogP contribution in [0, 0.1) is 13.8 Å². The van der Waals surface area contributed by atoms with E-state index in [1.165, 1.54) is 25.3 Å². The molecule has 1 fully saturated rings. The SMILES string of the molecule is C=CCOC(=O)c1sc(N2C(=O)C(=O)C(=C(O)c3c(C)nc4ccccn34)C2c2cc(Br)c(O)c(OC)c2)nc1C. The average molecular weight is 639 g/mol. The lowest BCUT2D eigenvalue weighted by molar-refractivity contribution is -0.132. The number of carbonyl (C=O) groups is 3. The first-order valence-corrected chi connectivity index (χ1v) is 13.8. The molecule has 41 heavy (non-hydrogen) atoms. The van der Waals surface area contributed by atoms with Gasteiger partial charge in [-0.05, 0) is 59.6 Å². The van der Waals surface area contributed by atoms with Gasteiger partial charge >= 0.3 is 11.9 Å². The van der Waals surface area contributed by atoms with Crippen molar-refractivity contribution in [1.29, 1.82) is 0 Å². The molecule has 210 valence electrons. The monoisotopic (exact) mass is 638 g/mol. The van der Waals surface area contributed by atoms with Gasteiger partial charge in [-0.15, -0.1) is 0 Å². The minimum absolute atomic E-state index is 0.0178. The second-order valence-corrected chi connectivity index (χ2v) is 10.8. The molecular formula is C28H23BrN4O7S. The van der Waals surface area contributed by atoms with Crippen molar-refractivity contribution in [1.82, 2.24) is 14.4 Å². The highest BCUT2D eigenvalue weighted by Gasteiger charge is 2.49. The van der Waals surface area contributed by atoms with Gasteiger partial charge in [0.2, 0.25) is 0 Å². The number of thiazole rings is 1. The Morgan fingerprint density at radius 2 is 1.98 bits per heavy atom. The van der Waals surface area contributed by atoms with E-state index in [-0.39, 0.29) is 43.9 Å². The molecule has 5 rings (SSSR count). The fraction of sp³-hybridized carbons (Fsp3) is 0.179. The summed E-state index contributed by atoms with van der Waals surface area (Å²) in [5.74, 6) is -3.17. The summed E-state index contributed by atoms with van der Waals surface area (Å²) >= 11 is 4.17. The van der Waals surface area contributed by atoms with Crippen LogP contribution < -0.4 is 9.64 Å². The number of methoxy groups -OCH3 is 1. The number of aliphatic hydroxyl groups is 1. The minimum atomic E-state index is -1.21. The number of phenols is 1. The molecule has 4 heterocycles. The van der Waals surface area contributed by atoms with Gasteiger partial charge in [-0.25, -0.2) is 14.8 Å². The summed E-state index contributed by atoms with van der Waals surface area (Å²) in [6.45, 7) is 6.77. The van der Waals surface area contributed by atoms with Crippen LogP contribution >= 0.6 is 27.3 Å². The Bertz CT molecular complexity index is 1790. The number of benzene rings is 1. The second kappa shape index (κ2) is 10.8. The van der Waals surface area contributed by atoms with Crippen LogP contribution in [0.5, 0.6) is 11.5 Å². The van der Waals surface area contributed by atoms with Crippen molar-refractivity contribution in [3.05, 3.63) is 86.8 Å². The number of anilines is 1. The molecule has 11 nitrogen and oxygen atoms in total. The molecular weight excluding hydrogens is 616 g/mol. The second-order valence-electron chi connectivity index (χ2n) is 9.00. The van der Waals surface area contributed by atoms with Gasteiger partial charge in [0.25, 0.3) is 5.78 Å². The zero-order valence-corrected chi connectivity index (χ0v) is 24.4. The largest absolute Gasteiger partial charge is 0.505 e. The number of imidazole rings is 1. The standard InChI is InChI=1S/C28H23BrN4O7S/c1-5-10-40-27(38)25-14(3)31-28(41-25)33-21(15-11-16(29)22(34)17(12-15)39-4)19(24(36)26(33)37)23(35)20-13(2)30-18-8-6-7-9-32(18)20/h5-9,11-12,21,34-35H,1,10H2,2-4H3. The summed E-state index contributed by atoms with van der Waals surface area (Å²) in [7, 11) is 1.36. The summed E-state index contributed by atoms with van der Waals surface area (Å²) in [6.07, 6.45) is 3.10. The van der Waals surface area contributed by atoms with Crippen LogP contribution in [0.25, 0.3) is 11.4 Å². The maximum atomic E-state index is 13.7. The zero-order chi connectivity index (χ0) is 29.6. The number of Topliss-reactive ketones (excluding diaryl/α,β-unsaturated/α-hetero) is 1. The highest BCUT2D eigenvalue weighted by molar-refractivity contribution is 9.10. The molecule has 0 saturated carbocycles. The number of nitrogens with zero attached hydrogens (tertiary/aromatic N) is 4. The first kappa shape index (κ1) is 28.1. The smallest absolute Gasteiger partial charge is 0.350 e. The van der Waals surface area contributed by atoms with Gasteiger partial charge in [-0.1, -0.05) is 30.1 Å². The number of hydrogen-bond acceptors (Lipinski definition) is 10. The van der Waals surface area contributed by atoms with E-state index in [0.717, 1.165) is 16.2 Å². The van der Waals surface area contributed by atoms with E-state index in [4.69, 9.17) is 9.47 Å². The lowest BCUT2D eigenvalue weighted by Crippen LogP contribution is -2.29. The predicted octanol–water partition coefficient (Wildman–Crippen LogP) is 4.85. The third-order valence-corrected chi connectivity index (χ3v) is 8.21. The van der Waals surface area contributed by atoms with Crippen molar-refractivity contribution in [2.75, 3.05) is 18.6 Å². The van der Waals surface area contributed by atoms with Crippen LogP contribution in [0.2, 0.25) is 0 Å². The number of rotatable bonds is 7. The normalized spacial score (nSPS) is 16.4. The number of esters is 1. The molecule has 0 aliphatic carbocycles. The molecule has 0 bridgehead atoms. The topological polar surface area (TPSA) is 144 Å². The van der Waals surface area contributed by atoms with E-state index < -0.39 is 29.5 Å². The van der Waals surface area contributed by atoms with Crippen molar-refractivity contribution in [3.63, 3.8) is 0 Å². The Morgan fingerprint density at radius 1 is 1.22 bits per heavy atom. The number of aryl methyl sites for hydroxylation is 2. The first-order valence-electron chi connectivity index (χ1n) is 12.2. The van der Waals surface area contributed by atoms with Crippen LogP contribution in [-0.2, 0) is 14.3 Å². The van der Waals surface area contributed by atoms with Crippen molar-refractivity contribution >= 4 is 61.5 Å². The number of hydrogen-bond donors (Lipinski definition) is 2. The van der Waals surface area contributed by atoms with Crippen molar-refractivity contribution in [3.8, 4) is 11.5 Å². The maximum Gasteiger partial charge on any atom is 0.350 e. The van der Waals surface area contributed by atoms with Gasteiger partial charge in [0, 0.05) is 6.20 Å². The third kappa shape index (κ3) is 4.66.